The molecule has 0 bridgehead atoms. The first kappa shape index (κ1) is 26.4. The van der Waals surface area contributed by atoms with E-state index in [1.54, 1.807) is 41.8 Å². The van der Waals surface area contributed by atoms with Crippen LogP contribution in [0.4, 0.5) is 0 Å². The number of phenols is 1. The van der Waals surface area contributed by atoms with E-state index in [-0.39, 0.29) is 5.96 Å². The largest absolute Gasteiger partial charge is 0.508 e. The molecule has 1 aromatic rings. The van der Waals surface area contributed by atoms with Gasteiger partial charge in [0.1, 0.15) is 11.0 Å². The summed E-state index contributed by atoms with van der Waals surface area (Å²) in [4.78, 5) is 10.5. The number of aromatic hydroxyl groups is 1. The Balaban J connectivity index is 0. The number of hydrogen-bond acceptors (Lipinski definition) is 4. The molecule has 1 heterocycles. The number of carbonyl (C=O) groups is 1. The average molecular weight is 441 g/mol. The molecule has 0 saturated carbocycles. The zero-order valence-corrected chi connectivity index (χ0v) is 16.6. The average Bonchev–Trinajstić information content (AvgIpc) is 2.46. The number of carboxylic acid groups (broad SMARTS) is 1. The molecule has 1 atom stereocenters. The first-order chi connectivity index (χ1) is 12.2. The van der Waals surface area contributed by atoms with Crippen molar-refractivity contribution in [2.75, 3.05) is 0 Å². The second kappa shape index (κ2) is 18.0. The molecule has 0 radical (unpaired) electrons. The Kier molecular flexibility index (Phi) is 18.3. The lowest BCUT2D eigenvalue weighted by Crippen LogP contribution is -2.20. The van der Waals surface area contributed by atoms with Gasteiger partial charge < -0.3 is 21.7 Å². The number of guanidine groups is 1. The summed E-state index contributed by atoms with van der Waals surface area (Å²) in [5, 5.41) is 24.6. The molecule has 1 aromatic carbocycles. The molecular weight excluding hydrogens is 421 g/mol. The highest BCUT2D eigenvalue weighted by molar-refractivity contribution is 8.03. The molecule has 1 unspecified atom stereocenters. The van der Waals surface area contributed by atoms with Crippen LogP contribution in [0.25, 0.3) is 0 Å². The Morgan fingerprint density at radius 3 is 1.92 bits per heavy atom. The second-order valence-corrected chi connectivity index (χ2v) is 7.06. The monoisotopic (exact) mass is 439 g/mol. The molecule has 1 aliphatic rings. The van der Waals surface area contributed by atoms with E-state index < -0.39 is 15.5 Å². The number of nitrogens with one attached hydrogen (secondary N) is 1. The molecule has 7 N–H and O–H groups in total. The predicted octanol–water partition coefficient (Wildman–Crippen LogP) is 4.03. The van der Waals surface area contributed by atoms with Crippen molar-refractivity contribution < 1.29 is 15.0 Å². The Hall–Kier alpha value is -1.80. The molecule has 144 valence electrons. The first-order valence-electron chi connectivity index (χ1n) is 6.80. The molecule has 0 aromatic heterocycles. The van der Waals surface area contributed by atoms with Gasteiger partial charge in [0, 0.05) is 0 Å². The van der Waals surface area contributed by atoms with Gasteiger partial charge in [-0.3, -0.25) is 10.2 Å². The van der Waals surface area contributed by atoms with Crippen molar-refractivity contribution in [2.24, 2.45) is 11.5 Å². The summed E-state index contributed by atoms with van der Waals surface area (Å²) in [7, 11) is 0. The minimum atomic E-state index is -0.800. The summed E-state index contributed by atoms with van der Waals surface area (Å²) in [6.45, 7) is 0. The predicted molar refractivity (Wildman–Crippen MR) is 112 cm³/mol. The number of carboxylic acids is 1. The number of benzene rings is 1. The minimum absolute atomic E-state index is 0.322. The third-order valence-corrected chi connectivity index (χ3v) is 2.89. The molecule has 0 aliphatic carbocycles. The number of hydrogen-bond donors (Lipinski definition) is 5. The van der Waals surface area contributed by atoms with E-state index in [4.69, 9.17) is 50.4 Å². The van der Waals surface area contributed by atoms with E-state index in [0.717, 1.165) is 0 Å². The fourth-order valence-corrected chi connectivity index (χ4v) is 1.73. The van der Waals surface area contributed by atoms with Gasteiger partial charge in [0.25, 0.3) is 0 Å². The summed E-state index contributed by atoms with van der Waals surface area (Å²) in [6, 6.07) is 8.71. The number of alkyl halides is 3. The Morgan fingerprint density at radius 2 is 1.54 bits per heavy atom. The summed E-state index contributed by atoms with van der Waals surface area (Å²) < 4.78 is -0.750. The maximum Gasteiger partial charge on any atom is 0.320 e. The van der Waals surface area contributed by atoms with Crippen molar-refractivity contribution >= 4 is 58.5 Å². The molecule has 10 heteroatoms. The fraction of sp³-hybridized carbons (Fsp3) is 0.125. The highest BCUT2D eigenvalue weighted by Gasteiger charge is 2.11. The minimum Gasteiger partial charge on any atom is -0.508 e. The van der Waals surface area contributed by atoms with E-state index >= 15 is 0 Å². The molecular formula is C16H20Cl3N3O3S. The Bertz CT molecular complexity index is 590. The van der Waals surface area contributed by atoms with Gasteiger partial charge >= 0.3 is 5.97 Å². The van der Waals surface area contributed by atoms with Gasteiger partial charge in [0.2, 0.25) is 0 Å². The summed E-state index contributed by atoms with van der Waals surface area (Å²) in [5.74, 6) is -0.811. The van der Waals surface area contributed by atoms with Gasteiger partial charge in [0.05, 0.1) is 0 Å². The lowest BCUT2D eigenvalue weighted by molar-refractivity contribution is -0.135. The number of rotatable bonds is 1. The summed E-state index contributed by atoms with van der Waals surface area (Å²) >= 11 is 15.7. The molecule has 0 amide bonds. The molecule has 26 heavy (non-hydrogen) atoms. The number of para-hydroxylation sites is 1. The van der Waals surface area contributed by atoms with Crippen molar-refractivity contribution in [1.29, 1.82) is 5.41 Å². The molecule has 6 nitrogen and oxygen atoms in total. The maximum absolute atomic E-state index is 10.5. The second-order valence-electron chi connectivity index (χ2n) is 4.03. The van der Waals surface area contributed by atoms with Crippen LogP contribution in [0, 0.1) is 5.41 Å². The smallest absolute Gasteiger partial charge is 0.320 e. The van der Waals surface area contributed by atoms with Crippen molar-refractivity contribution in [3.05, 3.63) is 66.1 Å². The lowest BCUT2D eigenvalue weighted by atomic mass is 10.3. The number of thioether (sulfide) groups is 1. The molecule has 1 aliphatic heterocycles. The van der Waals surface area contributed by atoms with Crippen LogP contribution >= 0.6 is 46.6 Å². The van der Waals surface area contributed by atoms with E-state index in [1.807, 2.05) is 24.3 Å². The zero-order chi connectivity index (χ0) is 20.4. The number of aliphatic carboxylic acids is 1. The molecule has 0 saturated heterocycles. The van der Waals surface area contributed by atoms with Crippen LogP contribution in [0.15, 0.2) is 66.1 Å². The molecule has 0 spiro atoms. The summed E-state index contributed by atoms with van der Waals surface area (Å²) in [6.07, 6.45) is 8.90. The van der Waals surface area contributed by atoms with Crippen LogP contribution in [-0.2, 0) is 4.79 Å². The summed E-state index contributed by atoms with van der Waals surface area (Å²) in [5.41, 5.74) is 8.94. The van der Waals surface area contributed by atoms with E-state index in [0.29, 0.717) is 5.75 Å². The quantitative estimate of drug-likeness (QED) is 0.254. The van der Waals surface area contributed by atoms with Crippen molar-refractivity contribution in [3.8, 4) is 5.75 Å². The van der Waals surface area contributed by atoms with Crippen LogP contribution in [0.3, 0.4) is 0 Å². The van der Waals surface area contributed by atoms with Crippen LogP contribution < -0.4 is 11.5 Å². The molecule has 0 fully saturated rings. The topological polar surface area (TPSA) is 133 Å². The van der Waals surface area contributed by atoms with Gasteiger partial charge in [-0.1, -0.05) is 83.4 Å². The lowest BCUT2D eigenvalue weighted by Gasteiger charge is -2.02. The Labute approximate surface area is 171 Å². The van der Waals surface area contributed by atoms with Gasteiger partial charge in [-0.05, 0) is 17.5 Å². The third-order valence-electron chi connectivity index (χ3n) is 1.92. The number of halogens is 3. The van der Waals surface area contributed by atoms with Crippen LogP contribution in [-0.4, -0.2) is 31.7 Å². The van der Waals surface area contributed by atoms with Gasteiger partial charge in [-0.2, -0.15) is 0 Å². The number of allylic oxidation sites excluding steroid dienone is 4. The highest BCUT2D eigenvalue weighted by Crippen LogP contribution is 2.15. The third kappa shape index (κ3) is 24.5. The van der Waals surface area contributed by atoms with E-state index in [1.165, 1.54) is 11.8 Å². The SMILES string of the molecule is ClC(Cl)Cl.N=C(N)N.O=C(O)C1C=CC=CC=CS1.Oc1ccccc1. The van der Waals surface area contributed by atoms with Gasteiger partial charge in [0.15, 0.2) is 10.3 Å². The first-order valence-corrected chi connectivity index (χ1v) is 9.06. The van der Waals surface area contributed by atoms with Crippen LogP contribution in [0.2, 0.25) is 0 Å². The highest BCUT2D eigenvalue weighted by atomic mass is 35.6. The standard InChI is InChI=1S/C8H8O2S.C6H6O.CHCl3.CH5N3/c9-8(10)7-5-3-1-2-4-6-11-7;7-6-4-2-1-3-5-6;2*2-1(3)4/h1-7H,(H,9,10);1-5,7H;1H;(H5,2,3,4). The van der Waals surface area contributed by atoms with Crippen molar-refractivity contribution in [2.45, 2.75) is 9.55 Å². The van der Waals surface area contributed by atoms with Crippen LogP contribution in [0.5, 0.6) is 5.75 Å². The van der Waals surface area contributed by atoms with Gasteiger partial charge in [-0.15, -0.1) is 11.8 Å². The number of nitrogens with two attached hydrogens (primary N) is 2. The number of phenolic OH excluding ortho intramolecular Hbond substituents is 1. The van der Waals surface area contributed by atoms with Crippen LogP contribution in [0.1, 0.15) is 0 Å². The maximum atomic E-state index is 10.5. The zero-order valence-electron chi connectivity index (χ0n) is 13.5. The van der Waals surface area contributed by atoms with Gasteiger partial charge in [-0.25, -0.2) is 0 Å². The fourth-order valence-electron chi connectivity index (χ4n) is 1.08. The van der Waals surface area contributed by atoms with Crippen molar-refractivity contribution in [3.63, 3.8) is 0 Å². The van der Waals surface area contributed by atoms with Crippen molar-refractivity contribution in [1.82, 2.24) is 0 Å². The van der Waals surface area contributed by atoms with E-state index in [9.17, 15) is 4.79 Å². The van der Waals surface area contributed by atoms with E-state index in [2.05, 4.69) is 11.5 Å². The molecule has 2 rings (SSSR count). The normalized spacial score (nSPS) is 14.2. The Morgan fingerprint density at radius 1 is 1.08 bits per heavy atom.